The first-order chi connectivity index (χ1) is 16.2. The predicted octanol–water partition coefficient (Wildman–Crippen LogP) is 3.94. The van der Waals surface area contributed by atoms with E-state index in [1.54, 1.807) is 12.4 Å². The summed E-state index contributed by atoms with van der Waals surface area (Å²) in [5, 5.41) is 5.92. The normalized spacial score (nSPS) is 15.4. The number of benzene rings is 1. The summed E-state index contributed by atoms with van der Waals surface area (Å²) in [4.78, 5) is 25.4. The number of hydrogen-bond donors (Lipinski definition) is 3. The number of rotatable bonds is 7. The fourth-order valence-corrected chi connectivity index (χ4v) is 3.38. The van der Waals surface area contributed by atoms with Crippen LogP contribution in [0, 0.1) is 6.92 Å². The van der Waals surface area contributed by atoms with Crippen molar-refractivity contribution in [2.24, 2.45) is 10.7 Å². The number of alkyl carbamates (subject to hydrolysis) is 1. The van der Waals surface area contributed by atoms with E-state index >= 15 is 0 Å². The van der Waals surface area contributed by atoms with Crippen molar-refractivity contribution in [2.75, 3.05) is 18.5 Å². The molecular formula is C25H34N6O3. The maximum Gasteiger partial charge on any atom is 0.407 e. The monoisotopic (exact) mass is 466 g/mol. The Morgan fingerprint density at radius 3 is 2.74 bits per heavy atom. The number of nitrogens with two attached hydrogens (primary N) is 1. The Bertz CT molecular complexity index is 1040. The fourth-order valence-electron chi connectivity index (χ4n) is 3.38. The Balaban J connectivity index is 1.64. The zero-order chi connectivity index (χ0) is 24.6. The van der Waals surface area contributed by atoms with E-state index in [9.17, 15) is 4.79 Å². The van der Waals surface area contributed by atoms with Gasteiger partial charge in [-0.15, -0.1) is 0 Å². The van der Waals surface area contributed by atoms with Crippen LogP contribution < -0.4 is 16.4 Å². The molecule has 1 amide bonds. The molecule has 0 atom stereocenters. The Morgan fingerprint density at radius 2 is 2.06 bits per heavy atom. The summed E-state index contributed by atoms with van der Waals surface area (Å²) >= 11 is 0. The molecular weight excluding hydrogens is 432 g/mol. The Labute approximate surface area is 200 Å². The summed E-state index contributed by atoms with van der Waals surface area (Å²) in [6, 6.07) is 8.06. The molecule has 1 fully saturated rings. The van der Waals surface area contributed by atoms with Gasteiger partial charge in [0.05, 0.1) is 17.4 Å². The number of nitrogens with zero attached hydrogens (tertiary/aromatic N) is 3. The number of nitrogens with one attached hydrogen (secondary N) is 2. The largest absolute Gasteiger partial charge is 0.444 e. The summed E-state index contributed by atoms with van der Waals surface area (Å²) < 4.78 is 10.7. The van der Waals surface area contributed by atoms with Crippen molar-refractivity contribution in [3.63, 3.8) is 0 Å². The lowest BCUT2D eigenvalue weighted by Gasteiger charge is -2.20. The number of allylic oxidation sites excluding steroid dienone is 1. The maximum atomic E-state index is 11.9. The van der Waals surface area contributed by atoms with Crippen molar-refractivity contribution >= 4 is 18.3 Å². The topological polar surface area (TPSA) is 124 Å². The zero-order valence-electron chi connectivity index (χ0n) is 20.3. The summed E-state index contributed by atoms with van der Waals surface area (Å²) in [5.41, 5.74) is 9.61. The number of anilines is 1. The van der Waals surface area contributed by atoms with Gasteiger partial charge in [0.2, 0.25) is 5.95 Å². The second kappa shape index (κ2) is 11.6. The van der Waals surface area contributed by atoms with Crippen LogP contribution in [0.1, 0.15) is 44.7 Å². The van der Waals surface area contributed by atoms with Crippen LogP contribution in [0.25, 0.3) is 11.3 Å². The smallest absolute Gasteiger partial charge is 0.407 e. The van der Waals surface area contributed by atoms with Gasteiger partial charge >= 0.3 is 6.09 Å². The van der Waals surface area contributed by atoms with Crippen molar-refractivity contribution in [2.45, 2.75) is 58.7 Å². The molecule has 0 spiro atoms. The quantitative estimate of drug-likeness (QED) is 0.528. The Kier molecular flexibility index (Phi) is 8.59. The molecule has 9 nitrogen and oxygen atoms in total. The molecule has 4 N–H and O–H groups in total. The second-order valence-electron chi connectivity index (χ2n) is 9.13. The highest BCUT2D eigenvalue weighted by Crippen LogP contribution is 2.22. The maximum absolute atomic E-state index is 11.9. The molecule has 3 rings (SSSR count). The number of aromatic nitrogens is 2. The molecule has 1 aliphatic heterocycles. The Hall–Kier alpha value is -3.46. The molecule has 0 unspecified atom stereocenters. The predicted molar refractivity (Wildman–Crippen MR) is 134 cm³/mol. The minimum Gasteiger partial charge on any atom is -0.444 e. The first kappa shape index (κ1) is 25.2. The van der Waals surface area contributed by atoms with E-state index in [2.05, 4.69) is 25.6 Å². The highest BCUT2D eigenvalue weighted by Gasteiger charge is 2.16. The van der Waals surface area contributed by atoms with Crippen LogP contribution in [0.5, 0.6) is 0 Å². The first-order valence-electron chi connectivity index (χ1n) is 11.4. The van der Waals surface area contributed by atoms with E-state index < -0.39 is 11.7 Å². The molecule has 0 bridgehead atoms. The fraction of sp³-hybridized carbons (Fsp3) is 0.440. The number of carbonyl (C=O) groups excluding carboxylic acids is 1. The van der Waals surface area contributed by atoms with Crippen molar-refractivity contribution in [1.82, 2.24) is 15.3 Å². The van der Waals surface area contributed by atoms with Gasteiger partial charge in [0.1, 0.15) is 5.60 Å². The van der Waals surface area contributed by atoms with Crippen molar-refractivity contribution in [3.05, 3.63) is 53.5 Å². The number of aryl methyl sites for hydroxylation is 1. The summed E-state index contributed by atoms with van der Waals surface area (Å²) in [7, 11) is 0. The van der Waals surface area contributed by atoms with Gasteiger partial charge in [0, 0.05) is 43.9 Å². The van der Waals surface area contributed by atoms with Crippen molar-refractivity contribution in [3.8, 4) is 11.3 Å². The van der Waals surface area contributed by atoms with E-state index in [0.717, 1.165) is 48.4 Å². The Morgan fingerprint density at radius 1 is 1.29 bits per heavy atom. The van der Waals surface area contributed by atoms with Gasteiger partial charge in [0.15, 0.2) is 0 Å². The van der Waals surface area contributed by atoms with Crippen LogP contribution in [0.3, 0.4) is 0 Å². The lowest BCUT2D eigenvalue weighted by Crippen LogP contribution is -2.32. The third-order valence-corrected chi connectivity index (χ3v) is 5.17. The minimum absolute atomic E-state index is 0.240. The molecule has 9 heteroatoms. The van der Waals surface area contributed by atoms with Gasteiger partial charge in [-0.3, -0.25) is 4.99 Å². The van der Waals surface area contributed by atoms with Crippen LogP contribution in [-0.4, -0.2) is 47.1 Å². The van der Waals surface area contributed by atoms with Crippen LogP contribution in [0.2, 0.25) is 0 Å². The summed E-state index contributed by atoms with van der Waals surface area (Å²) in [5.74, 6) is 0.431. The number of aliphatic imine (C=N–C) groups is 1. The lowest BCUT2D eigenvalue weighted by atomic mass is 10.0. The number of hydrogen-bond acceptors (Lipinski definition) is 8. The molecule has 2 aromatic rings. The molecule has 2 heterocycles. The first-order valence-corrected chi connectivity index (χ1v) is 11.4. The molecule has 0 radical (unpaired) electrons. The van der Waals surface area contributed by atoms with E-state index in [0.29, 0.717) is 18.2 Å². The highest BCUT2D eigenvalue weighted by atomic mass is 16.6. The zero-order valence-corrected chi connectivity index (χ0v) is 20.3. The molecule has 1 aliphatic rings. The molecule has 34 heavy (non-hydrogen) atoms. The van der Waals surface area contributed by atoms with Crippen molar-refractivity contribution < 1.29 is 14.3 Å². The summed E-state index contributed by atoms with van der Waals surface area (Å²) in [6.45, 7) is 9.36. The number of amides is 1. The molecule has 1 aromatic carbocycles. The number of ether oxygens (including phenoxy) is 2. The van der Waals surface area contributed by atoms with Gasteiger partial charge in [-0.1, -0.05) is 12.1 Å². The van der Waals surface area contributed by atoms with Gasteiger partial charge in [-0.05, 0) is 63.8 Å². The number of carbonyl (C=O) groups is 1. The molecule has 182 valence electrons. The SMILES string of the molecule is Cc1cc(-c2ccnc(NC(C=NC3CCOCC3)=CN)n2)ccc1CNC(=O)OC(C)(C)C. The van der Waals surface area contributed by atoms with Crippen LogP contribution in [0.15, 0.2) is 47.4 Å². The third kappa shape index (κ3) is 7.84. The van der Waals surface area contributed by atoms with Crippen LogP contribution in [-0.2, 0) is 16.0 Å². The lowest BCUT2D eigenvalue weighted by molar-refractivity contribution is 0.0523. The highest BCUT2D eigenvalue weighted by molar-refractivity contribution is 5.82. The summed E-state index contributed by atoms with van der Waals surface area (Å²) in [6.07, 6.45) is 6.25. The van der Waals surface area contributed by atoms with Gasteiger partial charge in [0.25, 0.3) is 0 Å². The van der Waals surface area contributed by atoms with Crippen LogP contribution >= 0.6 is 0 Å². The van der Waals surface area contributed by atoms with Gasteiger partial charge in [-0.25, -0.2) is 14.8 Å². The molecule has 1 saturated heterocycles. The standard InChI is InChI=1S/C25H34N6O3/c1-17-13-18(5-6-19(17)15-29-24(32)34-25(2,3)4)22-7-10-27-23(31-22)30-21(14-26)16-28-20-8-11-33-12-9-20/h5-7,10,13-14,16,20H,8-9,11-12,15,26H2,1-4H3,(H,29,32)(H,27,30,31). The minimum atomic E-state index is -0.530. The molecule has 0 saturated carbocycles. The van der Waals surface area contributed by atoms with E-state index in [1.165, 1.54) is 6.20 Å². The third-order valence-electron chi connectivity index (χ3n) is 5.17. The average Bonchev–Trinajstić information content (AvgIpc) is 2.80. The van der Waals surface area contributed by atoms with E-state index in [1.807, 2.05) is 52.0 Å². The average molecular weight is 467 g/mol. The second-order valence-corrected chi connectivity index (χ2v) is 9.13. The van der Waals surface area contributed by atoms with E-state index in [-0.39, 0.29) is 6.04 Å². The molecule has 0 aliphatic carbocycles. The van der Waals surface area contributed by atoms with Crippen molar-refractivity contribution in [1.29, 1.82) is 0 Å². The van der Waals surface area contributed by atoms with Gasteiger partial charge < -0.3 is 25.8 Å². The molecule has 1 aromatic heterocycles. The van der Waals surface area contributed by atoms with Crippen LogP contribution in [0.4, 0.5) is 10.7 Å². The van der Waals surface area contributed by atoms with Gasteiger partial charge in [-0.2, -0.15) is 0 Å². The van der Waals surface area contributed by atoms with E-state index in [4.69, 9.17) is 15.2 Å².